The average Bonchev–Trinajstić information content (AvgIpc) is 2.74. The number of halogens is 1. The highest BCUT2D eigenvalue weighted by molar-refractivity contribution is 9.10. The summed E-state index contributed by atoms with van der Waals surface area (Å²) in [5, 5.41) is 13.5. The molecule has 2 aromatic rings. The van der Waals surface area contributed by atoms with Gasteiger partial charge in [0, 0.05) is 6.42 Å². The van der Waals surface area contributed by atoms with E-state index in [0.29, 0.717) is 18.9 Å². The minimum absolute atomic E-state index is 0.530. The van der Waals surface area contributed by atoms with Crippen molar-refractivity contribution >= 4 is 15.9 Å². The monoisotopic (exact) mass is 268 g/mol. The Labute approximate surface area is 95.0 Å². The SMILES string of the molecule is Brc1ccccc1OCCc1nn[nH]n1. The lowest BCUT2D eigenvalue weighted by atomic mass is 10.3. The van der Waals surface area contributed by atoms with Gasteiger partial charge >= 0.3 is 0 Å². The van der Waals surface area contributed by atoms with Crippen molar-refractivity contribution < 1.29 is 4.74 Å². The molecule has 15 heavy (non-hydrogen) atoms. The molecule has 1 N–H and O–H groups in total. The van der Waals surface area contributed by atoms with Crippen LogP contribution in [0.2, 0.25) is 0 Å². The smallest absolute Gasteiger partial charge is 0.177 e. The van der Waals surface area contributed by atoms with Gasteiger partial charge in [0.25, 0.3) is 0 Å². The highest BCUT2D eigenvalue weighted by Crippen LogP contribution is 2.23. The lowest BCUT2D eigenvalue weighted by Crippen LogP contribution is -2.03. The first-order valence-corrected chi connectivity index (χ1v) is 5.25. The molecule has 0 saturated heterocycles. The second-order valence-corrected chi connectivity index (χ2v) is 3.71. The Morgan fingerprint density at radius 3 is 2.93 bits per heavy atom. The number of H-pyrrole nitrogens is 1. The van der Waals surface area contributed by atoms with Crippen molar-refractivity contribution in [1.82, 2.24) is 20.6 Å². The summed E-state index contributed by atoms with van der Waals surface area (Å²) in [5.74, 6) is 1.48. The van der Waals surface area contributed by atoms with Crippen LogP contribution >= 0.6 is 15.9 Å². The fourth-order valence-corrected chi connectivity index (χ4v) is 1.50. The van der Waals surface area contributed by atoms with E-state index in [1.165, 1.54) is 0 Å². The molecule has 5 nitrogen and oxygen atoms in total. The van der Waals surface area contributed by atoms with E-state index in [-0.39, 0.29) is 0 Å². The minimum atomic E-state index is 0.530. The fourth-order valence-electron chi connectivity index (χ4n) is 1.10. The van der Waals surface area contributed by atoms with Gasteiger partial charge in [0.15, 0.2) is 5.82 Å². The van der Waals surface area contributed by atoms with Crippen molar-refractivity contribution in [2.75, 3.05) is 6.61 Å². The van der Waals surface area contributed by atoms with Crippen LogP contribution in [0.15, 0.2) is 28.7 Å². The molecule has 0 unspecified atom stereocenters. The Bertz CT molecular complexity index is 418. The maximum atomic E-state index is 5.54. The van der Waals surface area contributed by atoms with Crippen LogP contribution in [0.3, 0.4) is 0 Å². The van der Waals surface area contributed by atoms with Gasteiger partial charge in [0.05, 0.1) is 11.1 Å². The normalized spacial score (nSPS) is 10.2. The molecule has 1 heterocycles. The number of aromatic amines is 1. The van der Waals surface area contributed by atoms with E-state index >= 15 is 0 Å². The molecule has 1 aromatic carbocycles. The maximum absolute atomic E-state index is 5.54. The Morgan fingerprint density at radius 1 is 1.33 bits per heavy atom. The Kier molecular flexibility index (Phi) is 3.29. The van der Waals surface area contributed by atoms with E-state index in [4.69, 9.17) is 4.74 Å². The number of hydrogen-bond acceptors (Lipinski definition) is 4. The van der Waals surface area contributed by atoms with Gasteiger partial charge in [0.2, 0.25) is 0 Å². The molecule has 0 aliphatic carbocycles. The van der Waals surface area contributed by atoms with Gasteiger partial charge in [-0.1, -0.05) is 17.3 Å². The number of hydrogen-bond donors (Lipinski definition) is 1. The molecule has 0 aliphatic heterocycles. The standard InChI is InChI=1S/C9H9BrN4O/c10-7-3-1-2-4-8(7)15-6-5-9-11-13-14-12-9/h1-4H,5-6H2,(H,11,12,13,14). The molecule has 2 rings (SSSR count). The molecule has 0 amide bonds. The van der Waals surface area contributed by atoms with Crippen LogP contribution < -0.4 is 4.74 Å². The number of benzene rings is 1. The third kappa shape index (κ3) is 2.76. The van der Waals surface area contributed by atoms with E-state index < -0.39 is 0 Å². The Morgan fingerprint density at radius 2 is 2.20 bits per heavy atom. The van der Waals surface area contributed by atoms with Gasteiger partial charge in [-0.3, -0.25) is 0 Å². The summed E-state index contributed by atoms with van der Waals surface area (Å²) in [5.41, 5.74) is 0. The summed E-state index contributed by atoms with van der Waals surface area (Å²) in [7, 11) is 0. The van der Waals surface area contributed by atoms with Gasteiger partial charge in [-0.15, -0.1) is 10.2 Å². The summed E-state index contributed by atoms with van der Waals surface area (Å²) in [6.07, 6.45) is 0.637. The lowest BCUT2D eigenvalue weighted by molar-refractivity contribution is 0.317. The van der Waals surface area contributed by atoms with Crippen LogP contribution in [0, 0.1) is 0 Å². The maximum Gasteiger partial charge on any atom is 0.177 e. The first-order chi connectivity index (χ1) is 7.36. The van der Waals surface area contributed by atoms with Gasteiger partial charge in [-0.05, 0) is 28.1 Å². The molecule has 0 bridgehead atoms. The summed E-state index contributed by atoms with van der Waals surface area (Å²) >= 11 is 3.40. The first kappa shape index (κ1) is 10.1. The van der Waals surface area contributed by atoms with E-state index in [1.54, 1.807) is 0 Å². The van der Waals surface area contributed by atoms with E-state index in [9.17, 15) is 0 Å². The van der Waals surface area contributed by atoms with Crippen LogP contribution in [-0.2, 0) is 6.42 Å². The van der Waals surface area contributed by atoms with Crippen molar-refractivity contribution in [3.05, 3.63) is 34.6 Å². The molecule has 0 spiro atoms. The summed E-state index contributed by atoms with van der Waals surface area (Å²) in [4.78, 5) is 0. The zero-order valence-electron chi connectivity index (χ0n) is 7.85. The van der Waals surface area contributed by atoms with Gasteiger partial charge in [-0.2, -0.15) is 5.21 Å². The zero-order chi connectivity index (χ0) is 10.5. The molecule has 0 fully saturated rings. The van der Waals surface area contributed by atoms with Crippen LogP contribution in [0.5, 0.6) is 5.75 Å². The number of nitrogens with one attached hydrogen (secondary N) is 1. The molecule has 6 heteroatoms. The largest absolute Gasteiger partial charge is 0.492 e. The number of ether oxygens (including phenoxy) is 1. The number of tetrazole rings is 1. The van der Waals surface area contributed by atoms with Crippen molar-refractivity contribution in [2.45, 2.75) is 6.42 Å². The van der Waals surface area contributed by atoms with Crippen molar-refractivity contribution in [3.8, 4) is 5.75 Å². The highest BCUT2D eigenvalue weighted by atomic mass is 79.9. The summed E-state index contributed by atoms with van der Waals surface area (Å²) < 4.78 is 6.48. The third-order valence-corrected chi connectivity index (χ3v) is 2.46. The summed E-state index contributed by atoms with van der Waals surface area (Å²) in [6.45, 7) is 0.530. The molecule has 1 aromatic heterocycles. The Hall–Kier alpha value is -1.43. The zero-order valence-corrected chi connectivity index (χ0v) is 9.44. The number of para-hydroxylation sites is 1. The predicted octanol–water partition coefficient (Wildman–Crippen LogP) is 1.58. The second-order valence-electron chi connectivity index (χ2n) is 2.86. The molecule has 0 saturated carbocycles. The average molecular weight is 269 g/mol. The Balaban J connectivity index is 1.86. The lowest BCUT2D eigenvalue weighted by Gasteiger charge is -2.05. The van der Waals surface area contributed by atoms with Crippen LogP contribution in [0.25, 0.3) is 0 Å². The van der Waals surface area contributed by atoms with Gasteiger partial charge in [-0.25, -0.2) is 0 Å². The van der Waals surface area contributed by atoms with Gasteiger partial charge < -0.3 is 4.74 Å². The predicted molar refractivity (Wildman–Crippen MR) is 57.5 cm³/mol. The molecule has 78 valence electrons. The topological polar surface area (TPSA) is 63.7 Å². The first-order valence-electron chi connectivity index (χ1n) is 4.46. The van der Waals surface area contributed by atoms with E-state index in [2.05, 4.69) is 36.6 Å². The van der Waals surface area contributed by atoms with Crippen molar-refractivity contribution in [1.29, 1.82) is 0 Å². The molecule has 0 radical (unpaired) electrons. The molecular weight excluding hydrogens is 260 g/mol. The van der Waals surface area contributed by atoms with Crippen molar-refractivity contribution in [2.24, 2.45) is 0 Å². The highest BCUT2D eigenvalue weighted by Gasteiger charge is 2.01. The molecule has 0 aliphatic rings. The van der Waals surface area contributed by atoms with Crippen LogP contribution in [-0.4, -0.2) is 27.2 Å². The molecule has 0 atom stereocenters. The third-order valence-electron chi connectivity index (χ3n) is 1.81. The van der Waals surface area contributed by atoms with Crippen molar-refractivity contribution in [3.63, 3.8) is 0 Å². The van der Waals surface area contributed by atoms with Crippen LogP contribution in [0.1, 0.15) is 5.82 Å². The second kappa shape index (κ2) is 4.88. The summed E-state index contributed by atoms with van der Waals surface area (Å²) in [6, 6.07) is 7.70. The number of nitrogens with zero attached hydrogens (tertiary/aromatic N) is 3. The van der Waals surface area contributed by atoms with E-state index in [0.717, 1.165) is 10.2 Å². The number of aromatic nitrogens is 4. The van der Waals surface area contributed by atoms with Crippen LogP contribution in [0.4, 0.5) is 0 Å². The fraction of sp³-hybridized carbons (Fsp3) is 0.222. The van der Waals surface area contributed by atoms with E-state index in [1.807, 2.05) is 24.3 Å². The minimum Gasteiger partial charge on any atom is -0.492 e. The van der Waals surface area contributed by atoms with Gasteiger partial charge in [0.1, 0.15) is 5.75 Å². The number of rotatable bonds is 4. The molecular formula is C9H9BrN4O. The quantitative estimate of drug-likeness (QED) is 0.915.